The van der Waals surface area contributed by atoms with E-state index in [1.807, 2.05) is 18.2 Å². The molecule has 0 saturated carbocycles. The number of aliphatic hydroxyl groups is 1. The van der Waals surface area contributed by atoms with Crippen LogP contribution >= 0.6 is 11.6 Å². The fourth-order valence-electron chi connectivity index (χ4n) is 2.68. The highest BCUT2D eigenvalue weighted by Crippen LogP contribution is 2.34. The molecule has 20 heavy (non-hydrogen) atoms. The van der Waals surface area contributed by atoms with E-state index in [2.05, 4.69) is 12.1 Å². The Balaban J connectivity index is 1.92. The van der Waals surface area contributed by atoms with Crippen molar-refractivity contribution in [2.24, 2.45) is 0 Å². The summed E-state index contributed by atoms with van der Waals surface area (Å²) in [6.07, 6.45) is 4.78. The molecule has 0 aromatic heterocycles. The summed E-state index contributed by atoms with van der Waals surface area (Å²) in [5.74, 6) is 1.33. The van der Waals surface area contributed by atoms with Crippen LogP contribution in [0.15, 0.2) is 36.4 Å². The van der Waals surface area contributed by atoms with Crippen LogP contribution in [0.1, 0.15) is 29.5 Å². The highest BCUT2D eigenvalue weighted by Gasteiger charge is 2.12. The molecule has 0 radical (unpaired) electrons. The molecule has 1 aliphatic rings. The van der Waals surface area contributed by atoms with Crippen LogP contribution in [0.5, 0.6) is 11.5 Å². The molecule has 2 nitrogen and oxygen atoms in total. The third-order valence-electron chi connectivity index (χ3n) is 3.76. The van der Waals surface area contributed by atoms with Gasteiger partial charge in [0.1, 0.15) is 5.75 Å². The molecule has 0 fully saturated rings. The smallest absolute Gasteiger partial charge is 0.151 e. The monoisotopic (exact) mass is 288 g/mol. The van der Waals surface area contributed by atoms with Gasteiger partial charge in [-0.05, 0) is 55.0 Å². The fourth-order valence-corrected chi connectivity index (χ4v) is 2.92. The van der Waals surface area contributed by atoms with E-state index in [4.69, 9.17) is 16.3 Å². The first-order chi connectivity index (χ1) is 9.78. The van der Waals surface area contributed by atoms with Crippen molar-refractivity contribution in [2.75, 3.05) is 0 Å². The summed E-state index contributed by atoms with van der Waals surface area (Å²) < 4.78 is 5.91. The summed E-state index contributed by atoms with van der Waals surface area (Å²) >= 11 is 6.17. The van der Waals surface area contributed by atoms with E-state index >= 15 is 0 Å². The van der Waals surface area contributed by atoms with Gasteiger partial charge in [-0.15, -0.1) is 0 Å². The largest absolute Gasteiger partial charge is 0.455 e. The Labute approximate surface area is 124 Å². The molecule has 0 saturated heterocycles. The lowest BCUT2D eigenvalue weighted by atomic mass is 9.92. The minimum Gasteiger partial charge on any atom is -0.455 e. The Hall–Kier alpha value is -1.51. The minimum atomic E-state index is -0.0825. The van der Waals surface area contributed by atoms with Crippen molar-refractivity contribution in [3.05, 3.63) is 58.1 Å². The number of aliphatic hydroxyl groups excluding tert-OH is 1. The molecule has 104 valence electrons. The lowest BCUT2D eigenvalue weighted by molar-refractivity contribution is 0.276. The van der Waals surface area contributed by atoms with Gasteiger partial charge in [0.2, 0.25) is 0 Å². The first kappa shape index (κ1) is 13.5. The second-order valence-electron chi connectivity index (χ2n) is 5.13. The summed E-state index contributed by atoms with van der Waals surface area (Å²) in [7, 11) is 0. The number of para-hydroxylation sites is 1. The zero-order valence-electron chi connectivity index (χ0n) is 11.2. The van der Waals surface area contributed by atoms with Crippen molar-refractivity contribution in [3.8, 4) is 11.5 Å². The number of fused-ring (bicyclic) bond motifs is 1. The topological polar surface area (TPSA) is 29.5 Å². The molecule has 1 aliphatic carbocycles. The Bertz CT molecular complexity index is 622. The molecule has 0 amide bonds. The van der Waals surface area contributed by atoms with Crippen LogP contribution in [-0.2, 0) is 19.4 Å². The van der Waals surface area contributed by atoms with Crippen LogP contribution in [-0.4, -0.2) is 5.11 Å². The predicted octanol–water partition coefficient (Wildman–Crippen LogP) is 4.50. The maximum absolute atomic E-state index is 9.37. The molecule has 0 bridgehead atoms. The Kier molecular flexibility index (Phi) is 3.95. The number of aryl methyl sites for hydroxylation is 2. The third-order valence-corrected chi connectivity index (χ3v) is 4.06. The van der Waals surface area contributed by atoms with Crippen molar-refractivity contribution in [3.63, 3.8) is 0 Å². The maximum Gasteiger partial charge on any atom is 0.151 e. The van der Waals surface area contributed by atoms with Gasteiger partial charge in [0.15, 0.2) is 5.75 Å². The van der Waals surface area contributed by atoms with Crippen molar-refractivity contribution < 1.29 is 9.84 Å². The highest BCUT2D eigenvalue weighted by atomic mass is 35.5. The summed E-state index contributed by atoms with van der Waals surface area (Å²) in [6.45, 7) is -0.0825. The SMILES string of the molecule is OCc1cccc(Cl)c1Oc1ccc2c(c1)CCCC2. The Morgan fingerprint density at radius 1 is 1.05 bits per heavy atom. The van der Waals surface area contributed by atoms with Crippen LogP contribution in [0, 0.1) is 0 Å². The molecular formula is C17H17ClO2. The van der Waals surface area contributed by atoms with E-state index < -0.39 is 0 Å². The van der Waals surface area contributed by atoms with Gasteiger partial charge < -0.3 is 9.84 Å². The molecule has 2 aromatic carbocycles. The molecule has 3 rings (SSSR count). The standard InChI is InChI=1S/C17H17ClO2/c18-16-7-3-6-14(11-19)17(16)20-15-9-8-12-4-1-2-5-13(12)10-15/h3,6-10,19H,1-2,4-5,11H2. The molecule has 3 heteroatoms. The molecule has 0 unspecified atom stereocenters. The quantitative estimate of drug-likeness (QED) is 0.901. The fraction of sp³-hybridized carbons (Fsp3) is 0.294. The van der Waals surface area contributed by atoms with Crippen LogP contribution in [0.2, 0.25) is 5.02 Å². The zero-order chi connectivity index (χ0) is 13.9. The van der Waals surface area contributed by atoms with E-state index in [-0.39, 0.29) is 6.61 Å². The van der Waals surface area contributed by atoms with Gasteiger partial charge in [0, 0.05) is 5.56 Å². The number of rotatable bonds is 3. The lowest BCUT2D eigenvalue weighted by Crippen LogP contribution is -2.02. The molecule has 0 spiro atoms. The summed E-state index contributed by atoms with van der Waals surface area (Å²) in [5, 5.41) is 9.90. The highest BCUT2D eigenvalue weighted by molar-refractivity contribution is 6.32. The van der Waals surface area contributed by atoms with E-state index in [1.165, 1.54) is 24.0 Å². The molecule has 1 N–H and O–H groups in total. The van der Waals surface area contributed by atoms with Gasteiger partial charge in [0.05, 0.1) is 11.6 Å². The van der Waals surface area contributed by atoms with Gasteiger partial charge in [-0.3, -0.25) is 0 Å². The van der Waals surface area contributed by atoms with Crippen LogP contribution < -0.4 is 4.74 Å². The summed E-state index contributed by atoms with van der Waals surface area (Å²) in [5.41, 5.74) is 3.49. The minimum absolute atomic E-state index is 0.0825. The molecule has 0 atom stereocenters. The number of ether oxygens (including phenoxy) is 1. The van der Waals surface area contributed by atoms with E-state index in [1.54, 1.807) is 6.07 Å². The number of benzene rings is 2. The Morgan fingerprint density at radius 3 is 2.65 bits per heavy atom. The molecule has 2 aromatic rings. The predicted molar refractivity (Wildman–Crippen MR) is 80.5 cm³/mol. The first-order valence-electron chi connectivity index (χ1n) is 6.96. The zero-order valence-corrected chi connectivity index (χ0v) is 12.0. The van der Waals surface area contributed by atoms with Crippen LogP contribution in [0.3, 0.4) is 0 Å². The summed E-state index contributed by atoms with van der Waals surface area (Å²) in [4.78, 5) is 0. The van der Waals surface area contributed by atoms with Gasteiger partial charge in [0.25, 0.3) is 0 Å². The van der Waals surface area contributed by atoms with Gasteiger partial charge in [-0.1, -0.05) is 29.8 Å². The average Bonchev–Trinajstić information content (AvgIpc) is 2.49. The molecule has 0 heterocycles. The lowest BCUT2D eigenvalue weighted by Gasteiger charge is -2.17. The second kappa shape index (κ2) is 5.86. The first-order valence-corrected chi connectivity index (χ1v) is 7.33. The van der Waals surface area contributed by atoms with Crippen molar-refractivity contribution in [2.45, 2.75) is 32.3 Å². The normalized spacial score (nSPS) is 13.9. The summed E-state index contributed by atoms with van der Waals surface area (Å²) in [6, 6.07) is 11.6. The van der Waals surface area contributed by atoms with E-state index in [0.717, 1.165) is 18.6 Å². The van der Waals surface area contributed by atoms with Crippen molar-refractivity contribution in [1.82, 2.24) is 0 Å². The number of hydrogen-bond acceptors (Lipinski definition) is 2. The second-order valence-corrected chi connectivity index (χ2v) is 5.53. The third kappa shape index (κ3) is 2.67. The van der Waals surface area contributed by atoms with Crippen molar-refractivity contribution in [1.29, 1.82) is 0 Å². The number of halogens is 1. The Morgan fingerprint density at radius 2 is 1.85 bits per heavy atom. The van der Waals surface area contributed by atoms with E-state index in [0.29, 0.717) is 16.3 Å². The van der Waals surface area contributed by atoms with Crippen molar-refractivity contribution >= 4 is 11.6 Å². The van der Waals surface area contributed by atoms with Gasteiger partial charge in [-0.25, -0.2) is 0 Å². The van der Waals surface area contributed by atoms with E-state index in [9.17, 15) is 5.11 Å². The van der Waals surface area contributed by atoms with Gasteiger partial charge >= 0.3 is 0 Å². The van der Waals surface area contributed by atoms with Crippen LogP contribution in [0.4, 0.5) is 0 Å². The van der Waals surface area contributed by atoms with Crippen LogP contribution in [0.25, 0.3) is 0 Å². The molecule has 0 aliphatic heterocycles. The molecular weight excluding hydrogens is 272 g/mol. The maximum atomic E-state index is 9.37. The van der Waals surface area contributed by atoms with Gasteiger partial charge in [-0.2, -0.15) is 0 Å². The number of hydrogen-bond donors (Lipinski definition) is 1. The average molecular weight is 289 g/mol.